The highest BCUT2D eigenvalue weighted by molar-refractivity contribution is 7.92. The highest BCUT2D eigenvalue weighted by Crippen LogP contribution is 2.38. The lowest BCUT2D eigenvalue weighted by molar-refractivity contribution is -0.139. The number of hydrogen-bond donors (Lipinski definition) is 1. The summed E-state index contributed by atoms with van der Waals surface area (Å²) in [6.07, 6.45) is -4.24. The van der Waals surface area contributed by atoms with E-state index < -0.39 is 56.9 Å². The van der Waals surface area contributed by atoms with Crippen LogP contribution >= 0.6 is 11.6 Å². The van der Waals surface area contributed by atoms with Gasteiger partial charge in [-0.1, -0.05) is 48.4 Å². The van der Waals surface area contributed by atoms with E-state index in [-0.39, 0.29) is 11.4 Å². The van der Waals surface area contributed by atoms with Gasteiger partial charge in [0.05, 0.1) is 28.3 Å². The summed E-state index contributed by atoms with van der Waals surface area (Å²) >= 11 is 5.80. The number of nitrogens with zero attached hydrogens (tertiary/aromatic N) is 2. The number of carbonyl (C=O) groups excluding carboxylic acids is 2. The van der Waals surface area contributed by atoms with Gasteiger partial charge >= 0.3 is 6.18 Å². The van der Waals surface area contributed by atoms with Crippen molar-refractivity contribution in [3.63, 3.8) is 0 Å². The van der Waals surface area contributed by atoms with Crippen molar-refractivity contribution in [2.75, 3.05) is 24.5 Å². The number of methoxy groups -OCH3 is 1. The van der Waals surface area contributed by atoms with Gasteiger partial charge < -0.3 is 15.0 Å². The number of anilines is 1. The van der Waals surface area contributed by atoms with Gasteiger partial charge in [-0.05, 0) is 68.3 Å². The highest BCUT2D eigenvalue weighted by atomic mass is 35.5. The molecule has 0 aliphatic carbocycles. The Bertz CT molecular complexity index is 1530. The maximum atomic E-state index is 13.9. The molecule has 0 aliphatic heterocycles. The summed E-state index contributed by atoms with van der Waals surface area (Å²) in [6.45, 7) is 4.48. The van der Waals surface area contributed by atoms with Crippen LogP contribution in [0.2, 0.25) is 5.02 Å². The van der Waals surface area contributed by atoms with Crippen LogP contribution in [0.5, 0.6) is 5.75 Å². The average molecular weight is 640 g/mol. The summed E-state index contributed by atoms with van der Waals surface area (Å²) in [6, 6.07) is 14.0. The number of rotatable bonds is 12. The minimum absolute atomic E-state index is 0.0869. The molecule has 2 amide bonds. The van der Waals surface area contributed by atoms with Gasteiger partial charge in [0.1, 0.15) is 18.3 Å². The Morgan fingerprint density at radius 2 is 1.65 bits per heavy atom. The van der Waals surface area contributed by atoms with Gasteiger partial charge in [0, 0.05) is 13.1 Å². The monoisotopic (exact) mass is 639 g/mol. The predicted molar refractivity (Wildman–Crippen MR) is 158 cm³/mol. The number of nitrogens with one attached hydrogen (secondary N) is 1. The van der Waals surface area contributed by atoms with Gasteiger partial charge in [-0.15, -0.1) is 0 Å². The molecule has 0 aromatic heterocycles. The second-order valence-electron chi connectivity index (χ2n) is 9.82. The van der Waals surface area contributed by atoms with Crippen molar-refractivity contribution in [2.24, 2.45) is 0 Å². The average Bonchev–Trinajstić information content (AvgIpc) is 2.97. The van der Waals surface area contributed by atoms with Crippen molar-refractivity contribution in [3.8, 4) is 5.75 Å². The van der Waals surface area contributed by atoms with Crippen molar-refractivity contribution in [1.29, 1.82) is 0 Å². The fraction of sp³-hybridized carbons (Fsp3) is 0.333. The van der Waals surface area contributed by atoms with E-state index in [0.29, 0.717) is 34.7 Å². The van der Waals surface area contributed by atoms with Gasteiger partial charge in [-0.3, -0.25) is 13.9 Å². The van der Waals surface area contributed by atoms with Crippen LogP contribution in [-0.4, -0.2) is 51.4 Å². The molecule has 0 fully saturated rings. The molecule has 3 aromatic carbocycles. The molecule has 0 heterocycles. The SMILES string of the molecule is CCCNC(=O)C(C)N(Cc1ccc(OC)cc1)C(=O)CN(c1ccc(Cl)c(C(F)(F)F)c1)S(=O)(=O)c1ccc(C)cc1. The molecule has 1 unspecified atom stereocenters. The molecule has 232 valence electrons. The van der Waals surface area contributed by atoms with Crippen LogP contribution in [0.3, 0.4) is 0 Å². The molecule has 0 spiro atoms. The van der Waals surface area contributed by atoms with Gasteiger partial charge in [0.2, 0.25) is 11.8 Å². The summed E-state index contributed by atoms with van der Waals surface area (Å²) in [5.41, 5.74) is -0.308. The molecule has 43 heavy (non-hydrogen) atoms. The van der Waals surface area contributed by atoms with Crippen LogP contribution in [0, 0.1) is 6.92 Å². The maximum absolute atomic E-state index is 13.9. The van der Waals surface area contributed by atoms with Crippen molar-refractivity contribution < 1.29 is 35.9 Å². The van der Waals surface area contributed by atoms with Gasteiger partial charge in [0.15, 0.2) is 0 Å². The zero-order valence-corrected chi connectivity index (χ0v) is 25.7. The van der Waals surface area contributed by atoms with Crippen LogP contribution in [-0.2, 0) is 32.3 Å². The van der Waals surface area contributed by atoms with Gasteiger partial charge in [-0.25, -0.2) is 8.42 Å². The Kier molecular flexibility index (Phi) is 11.1. The first-order valence-corrected chi connectivity index (χ1v) is 15.2. The number of hydrogen-bond acceptors (Lipinski definition) is 5. The largest absolute Gasteiger partial charge is 0.497 e. The molecular weight excluding hydrogens is 607 g/mol. The number of alkyl halides is 3. The summed E-state index contributed by atoms with van der Waals surface area (Å²) in [5.74, 6) is -0.717. The summed E-state index contributed by atoms with van der Waals surface area (Å²) in [4.78, 5) is 27.8. The molecule has 13 heteroatoms. The van der Waals surface area contributed by atoms with E-state index in [1.165, 1.54) is 43.2 Å². The molecule has 8 nitrogen and oxygen atoms in total. The standard InChI is InChI=1S/C30H33ClF3N3O5S/c1-5-16-35-29(39)21(3)36(18-22-8-11-24(42-4)12-9-22)28(38)19-37(43(40,41)25-13-6-20(2)7-14-25)23-10-15-27(31)26(17-23)30(32,33)34/h6-15,17,21H,5,16,18-19H2,1-4H3,(H,35,39). The Hall–Kier alpha value is -3.77. The molecule has 1 N–H and O–H groups in total. The molecule has 0 saturated carbocycles. The number of carbonyl (C=O) groups is 2. The Labute approximate surface area is 254 Å². The third-order valence-corrected chi connectivity index (χ3v) is 8.78. The lowest BCUT2D eigenvalue weighted by atomic mass is 10.1. The fourth-order valence-corrected chi connectivity index (χ4v) is 5.79. The van der Waals surface area contributed by atoms with Gasteiger partial charge in [-0.2, -0.15) is 13.2 Å². The number of sulfonamides is 1. The molecular formula is C30H33ClF3N3O5S. The summed E-state index contributed by atoms with van der Waals surface area (Å²) in [5, 5.41) is 2.10. The second kappa shape index (κ2) is 14.1. The third kappa shape index (κ3) is 8.41. The molecule has 0 aliphatic rings. The van der Waals surface area contributed by atoms with E-state index >= 15 is 0 Å². The minimum Gasteiger partial charge on any atom is -0.497 e. The van der Waals surface area contributed by atoms with Crippen LogP contribution in [0.25, 0.3) is 0 Å². The molecule has 0 bridgehead atoms. The van der Waals surface area contributed by atoms with E-state index in [0.717, 1.165) is 17.7 Å². The number of ether oxygens (including phenoxy) is 1. The first-order valence-electron chi connectivity index (χ1n) is 13.3. The normalized spacial score (nSPS) is 12.4. The van der Waals surface area contributed by atoms with Crippen molar-refractivity contribution in [1.82, 2.24) is 10.2 Å². The molecule has 0 saturated heterocycles. The summed E-state index contributed by atoms with van der Waals surface area (Å²) < 4.78 is 74.8. The Morgan fingerprint density at radius 1 is 1.02 bits per heavy atom. The maximum Gasteiger partial charge on any atom is 0.417 e. The van der Waals surface area contributed by atoms with E-state index in [2.05, 4.69) is 5.32 Å². The van der Waals surface area contributed by atoms with Gasteiger partial charge in [0.25, 0.3) is 10.0 Å². The number of amides is 2. The lowest BCUT2D eigenvalue weighted by Gasteiger charge is -2.32. The topological polar surface area (TPSA) is 96.0 Å². The van der Waals surface area contributed by atoms with E-state index in [4.69, 9.17) is 16.3 Å². The van der Waals surface area contributed by atoms with Crippen LogP contribution in [0.1, 0.15) is 37.0 Å². The predicted octanol–water partition coefficient (Wildman–Crippen LogP) is 5.81. The van der Waals surface area contributed by atoms with Crippen LogP contribution < -0.4 is 14.4 Å². The van der Waals surface area contributed by atoms with E-state index in [1.807, 2.05) is 6.92 Å². The van der Waals surface area contributed by atoms with Crippen molar-refractivity contribution >= 4 is 39.1 Å². The first-order chi connectivity index (χ1) is 20.2. The number of halogens is 4. The second-order valence-corrected chi connectivity index (χ2v) is 12.1. The highest BCUT2D eigenvalue weighted by Gasteiger charge is 2.37. The van der Waals surface area contributed by atoms with Crippen molar-refractivity contribution in [3.05, 3.63) is 88.4 Å². The minimum atomic E-state index is -4.89. The first kappa shape index (κ1) is 33.7. The molecule has 0 radical (unpaired) electrons. The Morgan fingerprint density at radius 3 is 2.21 bits per heavy atom. The van der Waals surface area contributed by atoms with Crippen molar-refractivity contribution in [2.45, 2.75) is 50.9 Å². The van der Waals surface area contributed by atoms with Crippen LogP contribution in [0.15, 0.2) is 71.6 Å². The lowest BCUT2D eigenvalue weighted by Crippen LogP contribution is -2.51. The fourth-order valence-electron chi connectivity index (χ4n) is 4.16. The molecule has 1 atom stereocenters. The molecule has 3 rings (SSSR count). The van der Waals surface area contributed by atoms with Crippen LogP contribution in [0.4, 0.5) is 18.9 Å². The zero-order valence-electron chi connectivity index (χ0n) is 24.1. The zero-order chi connectivity index (χ0) is 31.9. The summed E-state index contributed by atoms with van der Waals surface area (Å²) in [7, 11) is -3.06. The quantitative estimate of drug-likeness (QED) is 0.270. The number of benzene rings is 3. The third-order valence-electron chi connectivity index (χ3n) is 6.66. The van der Waals surface area contributed by atoms with E-state index in [9.17, 15) is 31.2 Å². The number of aryl methyl sites for hydroxylation is 1. The Balaban J connectivity index is 2.10. The molecule has 3 aromatic rings. The van der Waals surface area contributed by atoms with E-state index in [1.54, 1.807) is 31.2 Å². The smallest absolute Gasteiger partial charge is 0.417 e.